The predicted octanol–water partition coefficient (Wildman–Crippen LogP) is 2.54. The lowest BCUT2D eigenvalue weighted by atomic mass is 9.93. The number of hydrogen-bond donors (Lipinski definition) is 3. The third-order valence-electron chi connectivity index (χ3n) is 5.33. The predicted molar refractivity (Wildman–Crippen MR) is 109 cm³/mol. The Morgan fingerprint density at radius 3 is 2.47 bits per heavy atom. The molecular weight excluding hydrogens is 382 g/mol. The minimum absolute atomic E-state index is 0.0608. The summed E-state index contributed by atoms with van der Waals surface area (Å²) in [6.45, 7) is 0. The van der Waals surface area contributed by atoms with Gasteiger partial charge in [-0.25, -0.2) is 4.98 Å². The zero-order valence-electron chi connectivity index (χ0n) is 16.2. The molecule has 1 amide bonds. The van der Waals surface area contributed by atoms with Gasteiger partial charge in [0.25, 0.3) is 5.91 Å². The zero-order valence-corrected chi connectivity index (χ0v) is 16.2. The zero-order chi connectivity index (χ0) is 21.1. The largest absolute Gasteiger partial charge is 0.493 e. The number of aromatic hydroxyl groups is 1. The van der Waals surface area contributed by atoms with Gasteiger partial charge in [0.05, 0.1) is 35.1 Å². The van der Waals surface area contributed by atoms with Crippen molar-refractivity contribution in [2.24, 2.45) is 0 Å². The van der Waals surface area contributed by atoms with Crippen LogP contribution in [0.15, 0.2) is 48.8 Å². The number of benzene rings is 1. The molecule has 30 heavy (non-hydrogen) atoms. The van der Waals surface area contributed by atoms with Crippen LogP contribution >= 0.6 is 0 Å². The van der Waals surface area contributed by atoms with Gasteiger partial charge in [-0.05, 0) is 55.5 Å². The van der Waals surface area contributed by atoms with Crippen molar-refractivity contribution in [1.29, 1.82) is 5.26 Å². The standard InChI is InChI=1S/C22H21N5O3/c23-11-14-1-3-15(4-2-14)19-13-25-27(22(19)30)20-10-5-16(12-24-20)21(29)26-17-6-8-18(28)9-7-17/h1-5,10,12-13,17-18,28,30H,6-9H2,(H,26,29)/t17-,18+. The number of aliphatic hydroxyl groups excluding tert-OH is 1. The van der Waals surface area contributed by atoms with Gasteiger partial charge in [-0.15, -0.1) is 0 Å². The van der Waals surface area contributed by atoms with E-state index in [4.69, 9.17) is 5.26 Å². The highest BCUT2D eigenvalue weighted by Gasteiger charge is 2.21. The molecule has 0 unspecified atom stereocenters. The number of nitriles is 1. The number of nitrogens with one attached hydrogen (secondary N) is 1. The molecule has 1 aromatic carbocycles. The molecular formula is C22H21N5O3. The summed E-state index contributed by atoms with van der Waals surface area (Å²) in [5.74, 6) is 0.0910. The first-order chi connectivity index (χ1) is 14.5. The van der Waals surface area contributed by atoms with Crippen LogP contribution in [0.3, 0.4) is 0 Å². The minimum atomic E-state index is -0.268. The van der Waals surface area contributed by atoms with Crippen LogP contribution in [0.4, 0.5) is 0 Å². The maximum absolute atomic E-state index is 12.4. The van der Waals surface area contributed by atoms with E-state index in [0.29, 0.717) is 35.3 Å². The molecule has 152 valence electrons. The Labute approximate surface area is 173 Å². The van der Waals surface area contributed by atoms with Crippen LogP contribution in [0.1, 0.15) is 41.6 Å². The number of aromatic nitrogens is 3. The highest BCUT2D eigenvalue weighted by molar-refractivity contribution is 5.94. The molecule has 1 fully saturated rings. The van der Waals surface area contributed by atoms with Gasteiger partial charge in [0.1, 0.15) is 0 Å². The molecule has 8 heteroatoms. The molecule has 2 aromatic heterocycles. The summed E-state index contributed by atoms with van der Waals surface area (Å²) in [7, 11) is 0. The van der Waals surface area contributed by atoms with Crippen LogP contribution in [-0.4, -0.2) is 43.0 Å². The van der Waals surface area contributed by atoms with E-state index in [2.05, 4.69) is 21.5 Å². The average molecular weight is 403 g/mol. The number of aliphatic hydroxyl groups is 1. The number of carbonyl (C=O) groups excluding carboxylic acids is 1. The van der Waals surface area contributed by atoms with Crippen molar-refractivity contribution in [2.75, 3.05) is 0 Å². The lowest BCUT2D eigenvalue weighted by Gasteiger charge is -2.26. The van der Waals surface area contributed by atoms with Crippen molar-refractivity contribution < 1.29 is 15.0 Å². The van der Waals surface area contributed by atoms with Crippen molar-refractivity contribution in [3.05, 3.63) is 59.9 Å². The number of rotatable bonds is 4. The fourth-order valence-corrected chi connectivity index (χ4v) is 3.57. The van der Waals surface area contributed by atoms with Crippen LogP contribution in [0.5, 0.6) is 5.88 Å². The maximum Gasteiger partial charge on any atom is 0.253 e. The second kappa shape index (κ2) is 8.35. The highest BCUT2D eigenvalue weighted by atomic mass is 16.3. The Morgan fingerprint density at radius 1 is 1.10 bits per heavy atom. The van der Waals surface area contributed by atoms with Crippen molar-refractivity contribution in [2.45, 2.75) is 37.8 Å². The summed E-state index contributed by atoms with van der Waals surface area (Å²) in [4.78, 5) is 16.7. The normalized spacial score (nSPS) is 18.5. The SMILES string of the molecule is N#Cc1ccc(-c2cnn(-c3ccc(C(=O)N[C@H]4CC[C@@H](O)CC4)cn3)c2O)cc1. The molecule has 0 aliphatic heterocycles. The summed E-state index contributed by atoms with van der Waals surface area (Å²) < 4.78 is 1.29. The average Bonchev–Trinajstić information content (AvgIpc) is 3.16. The van der Waals surface area contributed by atoms with Gasteiger partial charge in [-0.3, -0.25) is 4.79 Å². The molecule has 0 atom stereocenters. The number of hydrogen-bond acceptors (Lipinski definition) is 6. The van der Waals surface area contributed by atoms with Crippen LogP contribution in [-0.2, 0) is 0 Å². The Hall–Kier alpha value is -3.70. The lowest BCUT2D eigenvalue weighted by molar-refractivity contribution is 0.0867. The van der Waals surface area contributed by atoms with Crippen molar-refractivity contribution in [1.82, 2.24) is 20.1 Å². The van der Waals surface area contributed by atoms with Gasteiger partial charge < -0.3 is 15.5 Å². The van der Waals surface area contributed by atoms with Gasteiger partial charge in [0.15, 0.2) is 5.82 Å². The molecule has 3 N–H and O–H groups in total. The van der Waals surface area contributed by atoms with Crippen LogP contribution in [0.2, 0.25) is 0 Å². The molecule has 0 radical (unpaired) electrons. The highest BCUT2D eigenvalue weighted by Crippen LogP contribution is 2.30. The number of pyridine rings is 1. The molecule has 0 saturated heterocycles. The van der Waals surface area contributed by atoms with Crippen molar-refractivity contribution in [3.8, 4) is 28.9 Å². The molecule has 0 bridgehead atoms. The van der Waals surface area contributed by atoms with Gasteiger partial charge in [-0.1, -0.05) is 12.1 Å². The summed E-state index contributed by atoms with van der Waals surface area (Å²) in [5.41, 5.74) is 2.20. The topological polar surface area (TPSA) is 124 Å². The fraction of sp³-hybridized carbons (Fsp3) is 0.273. The molecule has 4 rings (SSSR count). The monoisotopic (exact) mass is 403 g/mol. The lowest BCUT2D eigenvalue weighted by Crippen LogP contribution is -2.38. The molecule has 0 spiro atoms. The number of carbonyl (C=O) groups is 1. The van der Waals surface area contributed by atoms with E-state index in [-0.39, 0.29) is 23.9 Å². The van der Waals surface area contributed by atoms with E-state index in [9.17, 15) is 15.0 Å². The Bertz CT molecular complexity index is 1080. The van der Waals surface area contributed by atoms with E-state index in [1.54, 1.807) is 36.4 Å². The number of amides is 1. The molecule has 1 aliphatic rings. The van der Waals surface area contributed by atoms with Crippen molar-refractivity contribution >= 4 is 5.91 Å². The van der Waals surface area contributed by atoms with E-state index < -0.39 is 0 Å². The Morgan fingerprint density at radius 2 is 1.83 bits per heavy atom. The maximum atomic E-state index is 12.4. The van der Waals surface area contributed by atoms with Crippen LogP contribution in [0.25, 0.3) is 16.9 Å². The second-order valence-electron chi connectivity index (χ2n) is 7.37. The molecule has 8 nitrogen and oxygen atoms in total. The molecule has 2 heterocycles. The summed E-state index contributed by atoms with van der Waals surface area (Å²) in [5, 5.41) is 36.2. The third-order valence-corrected chi connectivity index (χ3v) is 5.33. The van der Waals surface area contributed by atoms with Crippen LogP contribution in [0, 0.1) is 11.3 Å². The third kappa shape index (κ3) is 4.02. The van der Waals surface area contributed by atoms with E-state index in [1.165, 1.54) is 17.1 Å². The van der Waals surface area contributed by atoms with E-state index >= 15 is 0 Å². The van der Waals surface area contributed by atoms with Gasteiger partial charge in [0, 0.05) is 12.2 Å². The summed E-state index contributed by atoms with van der Waals surface area (Å²) >= 11 is 0. The molecule has 1 saturated carbocycles. The van der Waals surface area contributed by atoms with Gasteiger partial charge in [0.2, 0.25) is 5.88 Å². The smallest absolute Gasteiger partial charge is 0.253 e. The summed E-state index contributed by atoms with van der Waals surface area (Å²) in [6.07, 6.45) is 5.62. The Kier molecular flexibility index (Phi) is 5.46. The Balaban J connectivity index is 1.48. The first-order valence-electron chi connectivity index (χ1n) is 9.78. The van der Waals surface area contributed by atoms with Gasteiger partial charge in [-0.2, -0.15) is 15.0 Å². The fourth-order valence-electron chi connectivity index (χ4n) is 3.57. The minimum Gasteiger partial charge on any atom is -0.493 e. The van der Waals surface area contributed by atoms with E-state index in [0.717, 1.165) is 18.4 Å². The van der Waals surface area contributed by atoms with Crippen molar-refractivity contribution in [3.63, 3.8) is 0 Å². The van der Waals surface area contributed by atoms with Gasteiger partial charge >= 0.3 is 0 Å². The van der Waals surface area contributed by atoms with E-state index in [1.807, 2.05) is 0 Å². The first kappa shape index (κ1) is 19.6. The number of nitrogens with zero attached hydrogens (tertiary/aromatic N) is 4. The second-order valence-corrected chi connectivity index (χ2v) is 7.37. The molecule has 1 aliphatic carbocycles. The molecule has 3 aromatic rings. The van der Waals surface area contributed by atoms with Crippen LogP contribution < -0.4 is 5.32 Å². The quantitative estimate of drug-likeness (QED) is 0.615. The summed E-state index contributed by atoms with van der Waals surface area (Å²) in [6, 6.07) is 12.2. The first-order valence-corrected chi connectivity index (χ1v) is 9.78.